The van der Waals surface area contributed by atoms with Crippen LogP contribution >= 0.6 is 34.8 Å². The minimum absolute atomic E-state index is 0.569. The van der Waals surface area contributed by atoms with Crippen LogP contribution in [0.25, 0.3) is 0 Å². The molecule has 2 aromatic carbocycles. The predicted octanol–water partition coefficient (Wildman–Crippen LogP) is 5.05. The topological polar surface area (TPSA) is 6.48 Å². The maximum absolute atomic E-state index is 6.32. The first-order valence-corrected chi connectivity index (χ1v) is 9.01. The van der Waals surface area contributed by atoms with E-state index in [4.69, 9.17) is 34.8 Å². The molecule has 0 radical (unpaired) electrons. The summed E-state index contributed by atoms with van der Waals surface area (Å²) >= 11 is 18.3. The second-order valence-corrected chi connectivity index (χ2v) is 6.84. The smallest absolute Gasteiger partial charge is 0.0825 e. The summed E-state index contributed by atoms with van der Waals surface area (Å²) in [4.78, 5) is 4.77. The molecule has 3 rings (SSSR count). The quantitative estimate of drug-likeness (QED) is 0.695. The Labute approximate surface area is 152 Å². The summed E-state index contributed by atoms with van der Waals surface area (Å²) in [5.41, 5.74) is 3.52. The molecule has 0 N–H and O–H groups in total. The molecule has 0 unspecified atom stereocenters. The molecular formula is C18H19Cl3N2. The van der Waals surface area contributed by atoms with Crippen LogP contribution in [0, 0.1) is 0 Å². The number of benzene rings is 2. The first-order chi connectivity index (χ1) is 11.2. The van der Waals surface area contributed by atoms with Crippen molar-refractivity contribution in [2.75, 3.05) is 31.1 Å². The van der Waals surface area contributed by atoms with Crippen molar-refractivity contribution >= 4 is 40.5 Å². The van der Waals surface area contributed by atoms with Gasteiger partial charge in [0.2, 0.25) is 0 Å². The molecule has 0 aliphatic carbocycles. The zero-order valence-electron chi connectivity index (χ0n) is 12.8. The molecule has 5 heteroatoms. The molecule has 0 amide bonds. The summed E-state index contributed by atoms with van der Waals surface area (Å²) in [6.45, 7) is 4.92. The molecule has 2 nitrogen and oxygen atoms in total. The zero-order valence-corrected chi connectivity index (χ0v) is 15.1. The van der Waals surface area contributed by atoms with Crippen molar-refractivity contribution in [1.82, 2.24) is 4.90 Å². The van der Waals surface area contributed by atoms with Gasteiger partial charge in [-0.1, -0.05) is 53.5 Å². The monoisotopic (exact) mass is 368 g/mol. The predicted molar refractivity (Wildman–Crippen MR) is 100.0 cm³/mol. The Hall–Kier alpha value is -0.930. The van der Waals surface area contributed by atoms with Gasteiger partial charge >= 0.3 is 0 Å². The lowest BCUT2D eigenvalue weighted by Gasteiger charge is -2.36. The molecular weight excluding hydrogens is 351 g/mol. The van der Waals surface area contributed by atoms with Crippen LogP contribution in [0.15, 0.2) is 42.5 Å². The Bertz CT molecular complexity index is 650. The van der Waals surface area contributed by atoms with Gasteiger partial charge in [-0.05, 0) is 23.3 Å². The van der Waals surface area contributed by atoms with Gasteiger partial charge in [0.1, 0.15) is 0 Å². The average Bonchev–Trinajstić information content (AvgIpc) is 2.59. The van der Waals surface area contributed by atoms with Crippen molar-refractivity contribution in [3.8, 4) is 0 Å². The summed E-state index contributed by atoms with van der Waals surface area (Å²) in [5, 5.41) is 1.27. The van der Waals surface area contributed by atoms with Crippen molar-refractivity contribution in [3.05, 3.63) is 63.6 Å². The van der Waals surface area contributed by atoms with Gasteiger partial charge in [0.25, 0.3) is 0 Å². The first kappa shape index (κ1) is 16.9. The number of hydrogen-bond acceptors (Lipinski definition) is 2. The van der Waals surface area contributed by atoms with E-state index >= 15 is 0 Å². The van der Waals surface area contributed by atoms with E-state index in [2.05, 4.69) is 34.1 Å². The van der Waals surface area contributed by atoms with Crippen molar-refractivity contribution in [3.63, 3.8) is 0 Å². The van der Waals surface area contributed by atoms with Gasteiger partial charge in [0.15, 0.2) is 0 Å². The van der Waals surface area contributed by atoms with Crippen LogP contribution in [-0.2, 0) is 12.4 Å². The van der Waals surface area contributed by atoms with Crippen molar-refractivity contribution in [2.24, 2.45) is 0 Å². The summed E-state index contributed by atoms with van der Waals surface area (Å²) < 4.78 is 0. The van der Waals surface area contributed by atoms with Gasteiger partial charge in [-0.2, -0.15) is 0 Å². The standard InChI is InChI=1S/C18H19Cl3N2/c19-12-14-4-6-15(7-5-14)13-22-8-10-23(11-9-22)17-3-1-2-16(20)18(17)21/h1-7H,8-13H2. The minimum Gasteiger partial charge on any atom is -0.368 e. The molecule has 1 aliphatic rings. The highest BCUT2D eigenvalue weighted by Crippen LogP contribution is 2.32. The average molecular weight is 370 g/mol. The number of halogens is 3. The Morgan fingerprint density at radius 3 is 2.13 bits per heavy atom. The first-order valence-electron chi connectivity index (χ1n) is 7.72. The highest BCUT2D eigenvalue weighted by Gasteiger charge is 2.19. The maximum Gasteiger partial charge on any atom is 0.0825 e. The molecule has 0 spiro atoms. The Morgan fingerprint density at radius 1 is 0.826 bits per heavy atom. The largest absolute Gasteiger partial charge is 0.368 e. The Balaban J connectivity index is 1.58. The third-order valence-corrected chi connectivity index (χ3v) is 5.35. The van der Waals surface area contributed by atoms with Crippen LogP contribution in [0.2, 0.25) is 10.0 Å². The number of hydrogen-bond donors (Lipinski definition) is 0. The van der Waals surface area contributed by atoms with E-state index in [1.54, 1.807) is 0 Å². The molecule has 1 aliphatic heterocycles. The van der Waals surface area contributed by atoms with E-state index in [1.807, 2.05) is 18.2 Å². The maximum atomic E-state index is 6.32. The molecule has 0 bridgehead atoms. The summed E-state index contributed by atoms with van der Waals surface area (Å²) in [5.74, 6) is 0.569. The normalized spacial score (nSPS) is 15.9. The van der Waals surface area contributed by atoms with Gasteiger partial charge in [0.05, 0.1) is 15.7 Å². The van der Waals surface area contributed by atoms with E-state index in [0.717, 1.165) is 44.0 Å². The van der Waals surface area contributed by atoms with Gasteiger partial charge in [-0.3, -0.25) is 4.90 Å². The van der Waals surface area contributed by atoms with E-state index in [-0.39, 0.29) is 0 Å². The number of anilines is 1. The van der Waals surface area contributed by atoms with Crippen molar-refractivity contribution in [2.45, 2.75) is 12.4 Å². The Morgan fingerprint density at radius 2 is 1.48 bits per heavy atom. The molecule has 2 aromatic rings. The molecule has 1 heterocycles. The van der Waals surface area contributed by atoms with Gasteiger partial charge < -0.3 is 4.90 Å². The highest BCUT2D eigenvalue weighted by atomic mass is 35.5. The second-order valence-electron chi connectivity index (χ2n) is 5.79. The van der Waals surface area contributed by atoms with Gasteiger partial charge in [0, 0.05) is 38.6 Å². The number of nitrogens with zero attached hydrogens (tertiary/aromatic N) is 2. The fourth-order valence-electron chi connectivity index (χ4n) is 2.88. The lowest BCUT2D eigenvalue weighted by Crippen LogP contribution is -2.46. The molecule has 23 heavy (non-hydrogen) atoms. The highest BCUT2D eigenvalue weighted by molar-refractivity contribution is 6.43. The number of piperazine rings is 1. The molecule has 1 fully saturated rings. The van der Waals surface area contributed by atoms with Crippen LogP contribution in [-0.4, -0.2) is 31.1 Å². The van der Waals surface area contributed by atoms with Gasteiger partial charge in [-0.15, -0.1) is 11.6 Å². The summed E-state index contributed by atoms with van der Waals surface area (Å²) in [7, 11) is 0. The minimum atomic E-state index is 0.569. The molecule has 122 valence electrons. The van der Waals surface area contributed by atoms with E-state index in [1.165, 1.54) is 5.56 Å². The molecule has 0 saturated carbocycles. The molecule has 1 saturated heterocycles. The fourth-order valence-corrected chi connectivity index (χ4v) is 3.47. The lowest BCUT2D eigenvalue weighted by molar-refractivity contribution is 0.250. The van der Waals surface area contributed by atoms with Crippen LogP contribution in [0.3, 0.4) is 0 Å². The number of alkyl halides is 1. The second kappa shape index (κ2) is 7.76. The van der Waals surface area contributed by atoms with E-state index < -0.39 is 0 Å². The SMILES string of the molecule is ClCc1ccc(CN2CCN(c3cccc(Cl)c3Cl)CC2)cc1. The van der Waals surface area contributed by atoms with Crippen LogP contribution in [0.1, 0.15) is 11.1 Å². The summed E-state index contributed by atoms with van der Waals surface area (Å²) in [6.07, 6.45) is 0. The van der Waals surface area contributed by atoms with E-state index in [0.29, 0.717) is 15.9 Å². The molecule has 0 aromatic heterocycles. The number of rotatable bonds is 4. The Kier molecular flexibility index (Phi) is 5.71. The van der Waals surface area contributed by atoms with Gasteiger partial charge in [-0.25, -0.2) is 0 Å². The van der Waals surface area contributed by atoms with E-state index in [9.17, 15) is 0 Å². The third-order valence-electron chi connectivity index (χ3n) is 4.23. The zero-order chi connectivity index (χ0) is 16.2. The third kappa shape index (κ3) is 4.13. The summed E-state index contributed by atoms with van der Waals surface area (Å²) in [6, 6.07) is 14.3. The van der Waals surface area contributed by atoms with Crippen LogP contribution in [0.5, 0.6) is 0 Å². The lowest BCUT2D eigenvalue weighted by atomic mass is 10.1. The van der Waals surface area contributed by atoms with Crippen molar-refractivity contribution in [1.29, 1.82) is 0 Å². The van der Waals surface area contributed by atoms with Crippen LogP contribution in [0.4, 0.5) is 5.69 Å². The molecule has 0 atom stereocenters. The van der Waals surface area contributed by atoms with Crippen LogP contribution < -0.4 is 4.90 Å². The fraction of sp³-hybridized carbons (Fsp3) is 0.333. The van der Waals surface area contributed by atoms with Crippen molar-refractivity contribution < 1.29 is 0 Å².